The lowest BCUT2D eigenvalue weighted by molar-refractivity contribution is 0.341. The van der Waals surface area contributed by atoms with Gasteiger partial charge >= 0.3 is 0 Å². The summed E-state index contributed by atoms with van der Waals surface area (Å²) in [6.07, 6.45) is 5.65. The van der Waals surface area contributed by atoms with Gasteiger partial charge in [-0.05, 0) is 38.1 Å². The van der Waals surface area contributed by atoms with E-state index in [0.717, 1.165) is 0 Å². The highest BCUT2D eigenvalue weighted by molar-refractivity contribution is 7.81. The van der Waals surface area contributed by atoms with Crippen LogP contribution in [-0.4, -0.2) is 16.4 Å². The predicted octanol–water partition coefficient (Wildman–Crippen LogP) is 3.15. The average molecular weight is 191 g/mol. The highest BCUT2D eigenvalue weighted by atomic mass is 35.7. The molecule has 1 aliphatic rings. The van der Waals surface area contributed by atoms with Crippen LogP contribution in [0.3, 0.4) is 0 Å². The Morgan fingerprint density at radius 3 is 2.45 bits per heavy atom. The molecule has 1 unspecified atom stereocenters. The Balaban J connectivity index is 2.74. The standard InChI is InChI=1S/C7H12ClN2P/c1-7(2,3)10-6-4-5-9-11(10)8/h4-6H,1-3H3. The number of hydrogen-bond acceptors (Lipinski definition) is 2. The maximum atomic E-state index is 6.01. The number of halogens is 1. The molecule has 1 rings (SSSR count). The van der Waals surface area contributed by atoms with Crippen LogP contribution in [-0.2, 0) is 0 Å². The summed E-state index contributed by atoms with van der Waals surface area (Å²) in [6, 6.07) is 0. The molecule has 1 heterocycles. The summed E-state index contributed by atoms with van der Waals surface area (Å²) in [7, 11) is -0.855. The van der Waals surface area contributed by atoms with Crippen LogP contribution >= 0.6 is 18.8 Å². The van der Waals surface area contributed by atoms with Gasteiger partial charge in [0.1, 0.15) is 0 Å². The number of nitrogens with zero attached hydrogens (tertiary/aromatic N) is 2. The van der Waals surface area contributed by atoms with Crippen molar-refractivity contribution in [1.29, 1.82) is 0 Å². The quantitative estimate of drug-likeness (QED) is 0.536. The Hall–Kier alpha value is -0.0700. The van der Waals surface area contributed by atoms with Gasteiger partial charge < -0.3 is 4.67 Å². The van der Waals surface area contributed by atoms with Crippen molar-refractivity contribution in [2.75, 3.05) is 0 Å². The van der Waals surface area contributed by atoms with Crippen molar-refractivity contribution in [3.05, 3.63) is 12.3 Å². The monoisotopic (exact) mass is 190 g/mol. The zero-order valence-corrected chi connectivity index (χ0v) is 8.60. The van der Waals surface area contributed by atoms with Crippen LogP contribution < -0.4 is 0 Å². The van der Waals surface area contributed by atoms with Gasteiger partial charge in [-0.25, -0.2) is 4.76 Å². The molecule has 0 N–H and O–H groups in total. The molecular weight excluding hydrogens is 179 g/mol. The third kappa shape index (κ3) is 2.18. The maximum Gasteiger partial charge on any atom is 0.217 e. The third-order valence-electron chi connectivity index (χ3n) is 1.34. The summed E-state index contributed by atoms with van der Waals surface area (Å²) >= 11 is 6.01. The second-order valence-corrected chi connectivity index (χ2v) is 5.41. The molecule has 4 heteroatoms. The van der Waals surface area contributed by atoms with E-state index in [-0.39, 0.29) is 5.54 Å². The van der Waals surface area contributed by atoms with E-state index < -0.39 is 7.58 Å². The summed E-state index contributed by atoms with van der Waals surface area (Å²) in [6.45, 7) is 6.36. The van der Waals surface area contributed by atoms with Crippen molar-refractivity contribution in [3.8, 4) is 0 Å². The Labute approximate surface area is 73.6 Å². The summed E-state index contributed by atoms with van der Waals surface area (Å²) in [5, 5.41) is 0. The lowest BCUT2D eigenvalue weighted by Crippen LogP contribution is -2.32. The largest absolute Gasteiger partial charge is 0.322 e. The lowest BCUT2D eigenvalue weighted by atomic mass is 10.1. The fourth-order valence-electron chi connectivity index (χ4n) is 0.795. The van der Waals surface area contributed by atoms with Gasteiger partial charge in [0.05, 0.1) is 0 Å². The number of hydrogen-bond donors (Lipinski definition) is 0. The van der Waals surface area contributed by atoms with Gasteiger partial charge in [-0.15, -0.1) is 0 Å². The summed E-state index contributed by atoms with van der Waals surface area (Å²) < 4.78 is 6.20. The normalized spacial score (nSPS) is 24.4. The van der Waals surface area contributed by atoms with Gasteiger partial charge in [-0.2, -0.15) is 0 Å². The first-order valence-corrected chi connectivity index (χ1v) is 5.63. The van der Waals surface area contributed by atoms with Gasteiger partial charge in [0.15, 0.2) is 0 Å². The van der Waals surface area contributed by atoms with E-state index in [2.05, 4.69) is 30.2 Å². The van der Waals surface area contributed by atoms with Crippen molar-refractivity contribution < 1.29 is 0 Å². The Kier molecular flexibility index (Phi) is 2.56. The second-order valence-electron chi connectivity index (χ2n) is 3.36. The molecule has 0 aromatic heterocycles. The highest BCUT2D eigenvalue weighted by Gasteiger charge is 2.25. The average Bonchev–Trinajstić information content (AvgIpc) is 1.86. The molecule has 0 radical (unpaired) electrons. The van der Waals surface area contributed by atoms with Crippen LogP contribution in [0.1, 0.15) is 20.8 Å². The molecule has 0 aromatic carbocycles. The molecule has 0 aliphatic carbocycles. The molecule has 0 saturated heterocycles. The summed E-state index contributed by atoms with van der Waals surface area (Å²) in [5.41, 5.74) is 0.0711. The SMILES string of the molecule is CC(C)(C)N1C=CC=NP1Cl. The zero-order valence-electron chi connectivity index (χ0n) is 6.95. The molecule has 11 heavy (non-hydrogen) atoms. The van der Waals surface area contributed by atoms with E-state index >= 15 is 0 Å². The minimum absolute atomic E-state index is 0.0711. The number of allylic oxidation sites excluding steroid dienone is 1. The van der Waals surface area contributed by atoms with Crippen molar-refractivity contribution in [3.63, 3.8) is 0 Å². The van der Waals surface area contributed by atoms with E-state index in [0.29, 0.717) is 0 Å². The van der Waals surface area contributed by atoms with E-state index in [4.69, 9.17) is 11.2 Å². The molecule has 0 spiro atoms. The molecule has 62 valence electrons. The van der Waals surface area contributed by atoms with Crippen LogP contribution in [0.25, 0.3) is 0 Å². The Morgan fingerprint density at radius 2 is 2.09 bits per heavy atom. The van der Waals surface area contributed by atoms with Crippen LogP contribution in [0, 0.1) is 0 Å². The molecule has 0 fully saturated rings. The van der Waals surface area contributed by atoms with Gasteiger partial charge in [0.25, 0.3) is 0 Å². The summed E-state index contributed by atoms with van der Waals surface area (Å²) in [5.74, 6) is 0. The van der Waals surface area contributed by atoms with Crippen molar-refractivity contribution >= 4 is 25.0 Å². The van der Waals surface area contributed by atoms with Crippen LogP contribution in [0.4, 0.5) is 0 Å². The smallest absolute Gasteiger partial charge is 0.217 e. The molecule has 0 aromatic rings. The van der Waals surface area contributed by atoms with Crippen LogP contribution in [0.5, 0.6) is 0 Å². The molecule has 1 atom stereocenters. The van der Waals surface area contributed by atoms with Gasteiger partial charge in [0.2, 0.25) is 7.58 Å². The van der Waals surface area contributed by atoms with Crippen molar-refractivity contribution in [2.24, 2.45) is 4.76 Å². The molecule has 0 saturated carbocycles. The minimum Gasteiger partial charge on any atom is -0.322 e. The first-order valence-electron chi connectivity index (χ1n) is 3.48. The molecule has 0 amide bonds. The maximum absolute atomic E-state index is 6.01. The molecule has 1 aliphatic heterocycles. The van der Waals surface area contributed by atoms with Crippen molar-refractivity contribution in [2.45, 2.75) is 26.3 Å². The molecule has 2 nitrogen and oxygen atoms in total. The van der Waals surface area contributed by atoms with Crippen LogP contribution in [0.15, 0.2) is 17.0 Å². The number of rotatable bonds is 0. The summed E-state index contributed by atoms with van der Waals surface area (Å²) in [4.78, 5) is 0. The van der Waals surface area contributed by atoms with Gasteiger partial charge in [-0.3, -0.25) is 0 Å². The minimum atomic E-state index is -0.855. The van der Waals surface area contributed by atoms with E-state index in [9.17, 15) is 0 Å². The van der Waals surface area contributed by atoms with Gasteiger partial charge in [-0.1, -0.05) is 0 Å². The van der Waals surface area contributed by atoms with E-state index in [1.165, 1.54) is 0 Å². The fraction of sp³-hybridized carbons (Fsp3) is 0.571. The van der Waals surface area contributed by atoms with E-state index in [1.54, 1.807) is 6.21 Å². The van der Waals surface area contributed by atoms with E-state index in [1.807, 2.05) is 12.3 Å². The molecular formula is C7H12ClN2P. The zero-order chi connectivity index (χ0) is 8.48. The highest BCUT2D eigenvalue weighted by Crippen LogP contribution is 2.51. The first kappa shape index (κ1) is 9.02. The van der Waals surface area contributed by atoms with Gasteiger partial charge in [0, 0.05) is 18.0 Å². The Bertz CT molecular complexity index is 195. The first-order chi connectivity index (χ1) is 5.02. The van der Waals surface area contributed by atoms with Crippen molar-refractivity contribution in [1.82, 2.24) is 4.67 Å². The second kappa shape index (κ2) is 3.12. The predicted molar refractivity (Wildman–Crippen MR) is 52.0 cm³/mol. The van der Waals surface area contributed by atoms with Crippen LogP contribution in [0.2, 0.25) is 0 Å². The third-order valence-corrected chi connectivity index (χ3v) is 3.50. The fourth-order valence-corrected chi connectivity index (χ4v) is 2.76. The Morgan fingerprint density at radius 1 is 1.45 bits per heavy atom. The topological polar surface area (TPSA) is 15.6 Å². The lowest BCUT2D eigenvalue weighted by Gasteiger charge is -2.36. The molecule has 0 bridgehead atoms.